The lowest BCUT2D eigenvalue weighted by atomic mass is 9.92. The van der Waals surface area contributed by atoms with E-state index in [2.05, 4.69) is 15.1 Å². The first-order valence-corrected chi connectivity index (χ1v) is 9.64. The van der Waals surface area contributed by atoms with Gasteiger partial charge < -0.3 is 14.6 Å². The maximum Gasteiger partial charge on any atom is 0.263 e. The minimum Gasteiger partial charge on any atom is -0.385 e. The summed E-state index contributed by atoms with van der Waals surface area (Å²) in [5.74, 6) is 1.21. The summed E-state index contributed by atoms with van der Waals surface area (Å²) >= 11 is 0. The van der Waals surface area contributed by atoms with E-state index in [0.717, 1.165) is 19.4 Å². The number of anilines is 1. The average Bonchev–Trinajstić information content (AvgIpc) is 3.27. The molecule has 0 aromatic carbocycles. The number of aromatic nitrogens is 6. The van der Waals surface area contributed by atoms with Crippen molar-refractivity contribution in [2.75, 3.05) is 18.0 Å². The van der Waals surface area contributed by atoms with Crippen LogP contribution in [0.2, 0.25) is 0 Å². The molecule has 9 heteroatoms. The SMILES string of the molecule is Cn1ccnc1C(O)C1CCCN(c2nc3c(cnn3C(C)(C)C)c(=O)[nH]2)C1. The van der Waals surface area contributed by atoms with Crippen molar-refractivity contribution in [1.82, 2.24) is 29.3 Å². The van der Waals surface area contributed by atoms with Crippen molar-refractivity contribution >= 4 is 17.0 Å². The summed E-state index contributed by atoms with van der Waals surface area (Å²) in [7, 11) is 1.88. The molecule has 1 fully saturated rings. The van der Waals surface area contributed by atoms with Crippen molar-refractivity contribution < 1.29 is 5.11 Å². The number of fused-ring (bicyclic) bond motifs is 1. The highest BCUT2D eigenvalue weighted by Crippen LogP contribution is 2.30. The highest BCUT2D eigenvalue weighted by atomic mass is 16.3. The van der Waals surface area contributed by atoms with Gasteiger partial charge >= 0.3 is 0 Å². The first-order chi connectivity index (χ1) is 13.3. The standard InChI is InChI=1S/C19H27N7O2/c1-19(2,3)26-15-13(10-21-26)17(28)23-18(22-15)25-8-5-6-12(11-25)14(27)16-20-7-9-24(16)4/h7,9-10,12,14,27H,5-6,8,11H2,1-4H3,(H,22,23,28). The minimum atomic E-state index is -0.654. The molecule has 2 unspecified atom stereocenters. The van der Waals surface area contributed by atoms with E-state index in [1.54, 1.807) is 17.1 Å². The van der Waals surface area contributed by atoms with Gasteiger partial charge in [0.25, 0.3) is 5.56 Å². The molecule has 2 atom stereocenters. The summed E-state index contributed by atoms with van der Waals surface area (Å²) in [6.07, 6.45) is 6.25. The summed E-state index contributed by atoms with van der Waals surface area (Å²) < 4.78 is 3.63. The molecule has 0 bridgehead atoms. The second-order valence-electron chi connectivity index (χ2n) is 8.54. The molecule has 1 aliphatic rings. The largest absolute Gasteiger partial charge is 0.385 e. The molecule has 9 nitrogen and oxygen atoms in total. The van der Waals surface area contributed by atoms with Crippen LogP contribution in [0.3, 0.4) is 0 Å². The number of aryl methyl sites for hydroxylation is 1. The number of piperidine rings is 1. The second-order valence-corrected chi connectivity index (χ2v) is 8.54. The number of aliphatic hydroxyl groups is 1. The molecule has 0 saturated carbocycles. The van der Waals surface area contributed by atoms with Crippen LogP contribution in [0.1, 0.15) is 45.5 Å². The van der Waals surface area contributed by atoms with Crippen LogP contribution in [-0.2, 0) is 12.6 Å². The Balaban J connectivity index is 1.66. The van der Waals surface area contributed by atoms with Crippen LogP contribution in [0, 0.1) is 5.92 Å². The molecule has 3 aromatic rings. The molecule has 4 rings (SSSR count). The maximum atomic E-state index is 12.6. The van der Waals surface area contributed by atoms with Gasteiger partial charge in [-0.2, -0.15) is 10.1 Å². The van der Waals surface area contributed by atoms with E-state index < -0.39 is 6.10 Å². The van der Waals surface area contributed by atoms with E-state index in [1.807, 2.05) is 43.5 Å². The summed E-state index contributed by atoms with van der Waals surface area (Å²) in [6, 6.07) is 0. The lowest BCUT2D eigenvalue weighted by molar-refractivity contribution is 0.0872. The molecule has 4 heterocycles. The Bertz CT molecular complexity index is 1040. The zero-order chi connectivity index (χ0) is 20.1. The number of rotatable bonds is 3. The van der Waals surface area contributed by atoms with Gasteiger partial charge in [0, 0.05) is 38.4 Å². The summed E-state index contributed by atoms with van der Waals surface area (Å²) in [6.45, 7) is 7.47. The van der Waals surface area contributed by atoms with Crippen LogP contribution in [0.15, 0.2) is 23.4 Å². The van der Waals surface area contributed by atoms with Gasteiger partial charge in [-0.1, -0.05) is 0 Å². The minimum absolute atomic E-state index is 0.0170. The predicted octanol–water partition coefficient (Wildman–Crippen LogP) is 1.56. The molecule has 0 radical (unpaired) electrons. The number of H-pyrrole nitrogens is 1. The van der Waals surface area contributed by atoms with Gasteiger partial charge in [-0.3, -0.25) is 9.78 Å². The number of imidazole rings is 1. The van der Waals surface area contributed by atoms with Crippen LogP contribution >= 0.6 is 0 Å². The van der Waals surface area contributed by atoms with Gasteiger partial charge in [-0.05, 0) is 33.6 Å². The maximum absolute atomic E-state index is 12.6. The van der Waals surface area contributed by atoms with Gasteiger partial charge in [0.1, 0.15) is 17.3 Å². The lowest BCUT2D eigenvalue weighted by Crippen LogP contribution is -2.40. The Kier molecular flexibility index (Phi) is 4.49. The van der Waals surface area contributed by atoms with Crippen molar-refractivity contribution in [3.8, 4) is 0 Å². The van der Waals surface area contributed by atoms with Crippen LogP contribution in [0.5, 0.6) is 0 Å². The van der Waals surface area contributed by atoms with E-state index in [0.29, 0.717) is 29.4 Å². The Hall–Kier alpha value is -2.68. The van der Waals surface area contributed by atoms with Crippen LogP contribution < -0.4 is 10.5 Å². The molecular weight excluding hydrogens is 358 g/mol. The fourth-order valence-electron chi connectivity index (χ4n) is 3.88. The fraction of sp³-hybridized carbons (Fsp3) is 0.579. The van der Waals surface area contributed by atoms with Crippen molar-refractivity contribution in [3.63, 3.8) is 0 Å². The van der Waals surface area contributed by atoms with Crippen LogP contribution in [0.4, 0.5) is 5.95 Å². The molecule has 0 amide bonds. The normalized spacial score (nSPS) is 19.3. The van der Waals surface area contributed by atoms with Gasteiger partial charge in [0.2, 0.25) is 5.95 Å². The quantitative estimate of drug-likeness (QED) is 0.709. The van der Waals surface area contributed by atoms with Crippen molar-refractivity contribution in [2.24, 2.45) is 13.0 Å². The van der Waals surface area contributed by atoms with E-state index in [1.165, 1.54) is 0 Å². The highest BCUT2D eigenvalue weighted by molar-refractivity contribution is 5.74. The molecule has 0 spiro atoms. The third-order valence-electron chi connectivity index (χ3n) is 5.39. The third kappa shape index (κ3) is 3.19. The Labute approximate surface area is 163 Å². The average molecular weight is 385 g/mol. The molecule has 0 aliphatic carbocycles. The molecule has 3 aromatic heterocycles. The van der Waals surface area contributed by atoms with Gasteiger partial charge in [-0.15, -0.1) is 0 Å². The van der Waals surface area contributed by atoms with Gasteiger partial charge in [-0.25, -0.2) is 9.67 Å². The number of nitrogens with zero attached hydrogens (tertiary/aromatic N) is 6. The first-order valence-electron chi connectivity index (χ1n) is 9.64. The van der Waals surface area contributed by atoms with E-state index in [-0.39, 0.29) is 17.0 Å². The highest BCUT2D eigenvalue weighted by Gasteiger charge is 2.30. The summed E-state index contributed by atoms with van der Waals surface area (Å²) in [5, 5.41) is 15.7. The molecule has 150 valence electrons. The van der Waals surface area contributed by atoms with Crippen molar-refractivity contribution in [1.29, 1.82) is 0 Å². The molecule has 1 saturated heterocycles. The number of nitrogens with one attached hydrogen (secondary N) is 1. The van der Waals surface area contributed by atoms with Crippen LogP contribution in [-0.4, -0.2) is 47.5 Å². The van der Waals surface area contributed by atoms with E-state index in [9.17, 15) is 9.90 Å². The summed E-state index contributed by atoms with van der Waals surface area (Å²) in [4.78, 5) is 26.5. The third-order valence-corrected chi connectivity index (χ3v) is 5.39. The first kappa shape index (κ1) is 18.7. The molecule has 28 heavy (non-hydrogen) atoms. The van der Waals surface area contributed by atoms with Crippen LogP contribution in [0.25, 0.3) is 11.0 Å². The molecular formula is C19H27N7O2. The predicted molar refractivity (Wildman–Crippen MR) is 106 cm³/mol. The monoisotopic (exact) mass is 385 g/mol. The fourth-order valence-corrected chi connectivity index (χ4v) is 3.88. The summed E-state index contributed by atoms with van der Waals surface area (Å²) in [5.41, 5.74) is 0.110. The number of aliphatic hydroxyl groups excluding tert-OH is 1. The second kappa shape index (κ2) is 6.73. The number of hydrogen-bond donors (Lipinski definition) is 2. The van der Waals surface area contributed by atoms with Gasteiger partial charge in [0.15, 0.2) is 5.65 Å². The topological polar surface area (TPSA) is 105 Å². The smallest absolute Gasteiger partial charge is 0.263 e. The number of hydrogen-bond acceptors (Lipinski definition) is 6. The van der Waals surface area contributed by atoms with Crippen molar-refractivity contribution in [2.45, 2.75) is 45.3 Å². The van der Waals surface area contributed by atoms with Crippen molar-refractivity contribution in [3.05, 3.63) is 34.8 Å². The molecule has 1 aliphatic heterocycles. The number of aromatic amines is 1. The van der Waals surface area contributed by atoms with E-state index >= 15 is 0 Å². The van der Waals surface area contributed by atoms with Gasteiger partial charge in [0.05, 0.1) is 11.7 Å². The Morgan fingerprint density at radius 3 is 2.82 bits per heavy atom. The van der Waals surface area contributed by atoms with E-state index in [4.69, 9.17) is 4.98 Å². The Morgan fingerprint density at radius 1 is 1.36 bits per heavy atom. The lowest BCUT2D eigenvalue weighted by Gasteiger charge is -2.35. The Morgan fingerprint density at radius 2 is 2.14 bits per heavy atom. The zero-order valence-electron chi connectivity index (χ0n) is 16.8. The zero-order valence-corrected chi connectivity index (χ0v) is 16.8. The molecule has 2 N–H and O–H groups in total.